The second-order valence-electron chi connectivity index (χ2n) is 5.46. The van der Waals surface area contributed by atoms with Crippen molar-refractivity contribution in [2.45, 2.75) is 6.42 Å². The summed E-state index contributed by atoms with van der Waals surface area (Å²) in [6.07, 6.45) is 4.10. The second-order valence-corrected chi connectivity index (χ2v) is 5.81. The zero-order valence-electron chi connectivity index (χ0n) is 12.8. The number of benzene rings is 1. The van der Waals surface area contributed by atoms with Gasteiger partial charge >= 0.3 is 0 Å². The van der Waals surface area contributed by atoms with Crippen molar-refractivity contribution in [3.05, 3.63) is 59.6 Å². The van der Waals surface area contributed by atoms with Crippen molar-refractivity contribution < 1.29 is 0 Å². The molecule has 0 bridgehead atoms. The molecule has 0 aliphatic carbocycles. The first-order valence-corrected chi connectivity index (χ1v) is 7.95. The molecule has 24 heavy (non-hydrogen) atoms. The Labute approximate surface area is 144 Å². The van der Waals surface area contributed by atoms with Gasteiger partial charge in [0.2, 0.25) is 0 Å². The predicted molar refractivity (Wildman–Crippen MR) is 96.1 cm³/mol. The summed E-state index contributed by atoms with van der Waals surface area (Å²) in [6.45, 7) is 0.841. The number of anilines is 5. The quantitative estimate of drug-likeness (QED) is 0.711. The number of nitrogens with two attached hydrogens (primary N) is 1. The summed E-state index contributed by atoms with van der Waals surface area (Å²) in [4.78, 5) is 14.8. The fraction of sp³-hybridized carbons (Fsp3) is 0.118. The van der Waals surface area contributed by atoms with Crippen LogP contribution in [-0.2, 0) is 6.42 Å². The van der Waals surface area contributed by atoms with Crippen LogP contribution in [0, 0.1) is 0 Å². The average molecular weight is 339 g/mol. The lowest BCUT2D eigenvalue weighted by atomic mass is 10.2. The van der Waals surface area contributed by atoms with Crippen molar-refractivity contribution in [2.75, 3.05) is 22.5 Å². The van der Waals surface area contributed by atoms with Gasteiger partial charge in [-0.3, -0.25) is 0 Å². The number of para-hydroxylation sites is 1. The van der Waals surface area contributed by atoms with Crippen LogP contribution in [0.3, 0.4) is 0 Å². The SMILES string of the molecule is Nc1c(Nc2cccnc2Cl)ncnc1N1CCc2ccccc21. The molecule has 0 fully saturated rings. The lowest BCUT2D eigenvalue weighted by Gasteiger charge is -2.21. The number of fused-ring (bicyclic) bond motifs is 1. The number of rotatable bonds is 3. The minimum absolute atomic E-state index is 0.364. The molecule has 0 atom stereocenters. The van der Waals surface area contributed by atoms with Crippen LogP contribution in [0.4, 0.5) is 28.7 Å². The van der Waals surface area contributed by atoms with E-state index in [0.717, 1.165) is 18.7 Å². The van der Waals surface area contributed by atoms with Crippen LogP contribution in [-0.4, -0.2) is 21.5 Å². The van der Waals surface area contributed by atoms with E-state index >= 15 is 0 Å². The van der Waals surface area contributed by atoms with Gasteiger partial charge in [0, 0.05) is 18.4 Å². The third-order valence-corrected chi connectivity index (χ3v) is 4.32. The van der Waals surface area contributed by atoms with Gasteiger partial charge in [-0.1, -0.05) is 29.8 Å². The molecule has 7 heteroatoms. The summed E-state index contributed by atoms with van der Waals surface area (Å²) in [5.41, 5.74) is 9.88. The van der Waals surface area contributed by atoms with E-state index in [9.17, 15) is 0 Å². The first-order valence-electron chi connectivity index (χ1n) is 7.57. The van der Waals surface area contributed by atoms with Crippen molar-refractivity contribution in [2.24, 2.45) is 0 Å². The molecule has 1 aliphatic rings. The van der Waals surface area contributed by atoms with Crippen molar-refractivity contribution in [3.63, 3.8) is 0 Å². The van der Waals surface area contributed by atoms with E-state index in [1.807, 2.05) is 18.2 Å². The average Bonchev–Trinajstić information content (AvgIpc) is 3.03. The molecule has 4 rings (SSSR count). The van der Waals surface area contributed by atoms with Crippen molar-refractivity contribution >= 4 is 40.3 Å². The van der Waals surface area contributed by atoms with Gasteiger partial charge in [0.1, 0.15) is 12.0 Å². The number of pyridine rings is 1. The fourth-order valence-corrected chi connectivity index (χ4v) is 3.03. The zero-order chi connectivity index (χ0) is 16.5. The van der Waals surface area contributed by atoms with Gasteiger partial charge in [0.05, 0.1) is 5.69 Å². The molecule has 0 saturated heterocycles. The molecule has 120 valence electrons. The summed E-state index contributed by atoms with van der Waals surface area (Å²) < 4.78 is 0. The molecular formula is C17H15ClN6. The van der Waals surface area contributed by atoms with E-state index in [2.05, 4.69) is 37.3 Å². The molecule has 3 aromatic rings. The first-order chi connectivity index (χ1) is 11.7. The Balaban J connectivity index is 1.71. The highest BCUT2D eigenvalue weighted by Gasteiger charge is 2.24. The molecule has 0 unspecified atom stereocenters. The molecule has 0 radical (unpaired) electrons. The maximum atomic E-state index is 6.33. The van der Waals surface area contributed by atoms with Gasteiger partial charge in [-0.15, -0.1) is 0 Å². The van der Waals surface area contributed by atoms with Crippen LogP contribution < -0.4 is 16.0 Å². The van der Waals surface area contributed by atoms with Crippen molar-refractivity contribution in [3.8, 4) is 0 Å². The molecule has 3 N–H and O–H groups in total. The maximum absolute atomic E-state index is 6.33. The van der Waals surface area contributed by atoms with Crippen LogP contribution in [0.15, 0.2) is 48.9 Å². The number of hydrogen-bond donors (Lipinski definition) is 2. The van der Waals surface area contributed by atoms with E-state index in [4.69, 9.17) is 17.3 Å². The van der Waals surface area contributed by atoms with E-state index < -0.39 is 0 Å². The van der Waals surface area contributed by atoms with Gasteiger partial charge in [-0.05, 0) is 30.2 Å². The van der Waals surface area contributed by atoms with Crippen LogP contribution in [0.2, 0.25) is 5.15 Å². The van der Waals surface area contributed by atoms with Gasteiger partial charge in [-0.25, -0.2) is 15.0 Å². The third-order valence-electron chi connectivity index (χ3n) is 4.02. The Bertz CT molecular complexity index is 898. The number of nitrogen functional groups attached to an aromatic ring is 1. The summed E-state index contributed by atoms with van der Waals surface area (Å²) in [7, 11) is 0. The third kappa shape index (κ3) is 2.51. The summed E-state index contributed by atoms with van der Waals surface area (Å²) in [6, 6.07) is 11.9. The second kappa shape index (κ2) is 5.98. The highest BCUT2D eigenvalue weighted by molar-refractivity contribution is 6.32. The first kappa shape index (κ1) is 14.7. The lowest BCUT2D eigenvalue weighted by Crippen LogP contribution is -2.17. The Morgan fingerprint density at radius 1 is 1.08 bits per heavy atom. The van der Waals surface area contributed by atoms with Gasteiger partial charge in [-0.2, -0.15) is 0 Å². The standard InChI is InChI=1S/C17H15ClN6/c18-15-12(5-3-8-20-15)23-16-14(19)17(22-10-21-16)24-9-7-11-4-1-2-6-13(11)24/h1-6,8,10H,7,9,19H2,(H,21,22,23). The van der Waals surface area contributed by atoms with Crippen LogP contribution >= 0.6 is 11.6 Å². The topological polar surface area (TPSA) is 80.0 Å². The molecule has 1 aliphatic heterocycles. The molecular weight excluding hydrogens is 324 g/mol. The summed E-state index contributed by atoms with van der Waals surface area (Å²) >= 11 is 6.09. The Hall–Kier alpha value is -2.86. The molecule has 3 heterocycles. The van der Waals surface area contributed by atoms with Gasteiger partial charge < -0.3 is 16.0 Å². The Morgan fingerprint density at radius 3 is 2.83 bits per heavy atom. The van der Waals surface area contributed by atoms with Crippen LogP contribution in [0.5, 0.6) is 0 Å². The van der Waals surface area contributed by atoms with Crippen LogP contribution in [0.25, 0.3) is 0 Å². The lowest BCUT2D eigenvalue weighted by molar-refractivity contribution is 0.967. The molecule has 2 aromatic heterocycles. The van der Waals surface area contributed by atoms with Crippen molar-refractivity contribution in [1.29, 1.82) is 0 Å². The summed E-state index contributed by atoms with van der Waals surface area (Å²) in [5.74, 6) is 1.21. The Kier molecular flexibility index (Phi) is 3.66. The highest BCUT2D eigenvalue weighted by Crippen LogP contribution is 2.38. The van der Waals surface area contributed by atoms with E-state index in [1.165, 1.54) is 11.9 Å². The van der Waals surface area contributed by atoms with E-state index in [1.54, 1.807) is 12.3 Å². The number of nitrogens with one attached hydrogen (secondary N) is 1. The fourth-order valence-electron chi connectivity index (χ4n) is 2.87. The van der Waals surface area contributed by atoms with Crippen molar-refractivity contribution in [1.82, 2.24) is 15.0 Å². The monoisotopic (exact) mass is 338 g/mol. The number of hydrogen-bond acceptors (Lipinski definition) is 6. The molecule has 0 saturated carbocycles. The molecule has 1 aromatic carbocycles. The minimum atomic E-state index is 0.364. The number of nitrogens with zero attached hydrogens (tertiary/aromatic N) is 4. The Morgan fingerprint density at radius 2 is 1.96 bits per heavy atom. The minimum Gasteiger partial charge on any atom is -0.393 e. The zero-order valence-corrected chi connectivity index (χ0v) is 13.5. The number of aromatic nitrogens is 3. The smallest absolute Gasteiger partial charge is 0.161 e. The van der Waals surface area contributed by atoms with Gasteiger partial charge in [0.25, 0.3) is 0 Å². The molecule has 6 nitrogen and oxygen atoms in total. The maximum Gasteiger partial charge on any atom is 0.161 e. The number of halogens is 1. The summed E-state index contributed by atoms with van der Waals surface area (Å²) in [5, 5.41) is 3.50. The highest BCUT2D eigenvalue weighted by atomic mass is 35.5. The predicted octanol–water partition coefficient (Wildman–Crippen LogP) is 3.55. The molecule has 0 spiro atoms. The van der Waals surface area contributed by atoms with E-state index in [-0.39, 0.29) is 0 Å². The van der Waals surface area contributed by atoms with E-state index in [0.29, 0.717) is 28.2 Å². The normalized spacial score (nSPS) is 13.0. The molecule has 0 amide bonds. The van der Waals surface area contributed by atoms with Gasteiger partial charge in [0.15, 0.2) is 16.8 Å². The van der Waals surface area contributed by atoms with Crippen LogP contribution in [0.1, 0.15) is 5.56 Å². The largest absolute Gasteiger partial charge is 0.393 e.